The standard InChI is InChI=1S/C10H16S2/c1-7(2)8-3-5-9(6-4-8)10(11)12/h5,8,10-12H,1,3-4,6H2,2H3. The molecule has 1 aliphatic carbocycles. The second kappa shape index (κ2) is 4.43. The third-order valence-corrected chi connectivity index (χ3v) is 3.14. The average molecular weight is 200 g/mol. The van der Waals surface area contributed by atoms with Gasteiger partial charge in [0.15, 0.2) is 0 Å². The van der Waals surface area contributed by atoms with Gasteiger partial charge in [0.05, 0.1) is 4.58 Å². The lowest BCUT2D eigenvalue weighted by atomic mass is 9.86. The largest absolute Gasteiger partial charge is 0.161 e. The van der Waals surface area contributed by atoms with Gasteiger partial charge in [0, 0.05) is 0 Å². The zero-order valence-electron chi connectivity index (χ0n) is 7.45. The second-order valence-electron chi connectivity index (χ2n) is 3.47. The molecule has 0 aromatic carbocycles. The number of hydrogen-bond donors (Lipinski definition) is 2. The van der Waals surface area contributed by atoms with E-state index in [9.17, 15) is 0 Å². The third-order valence-electron chi connectivity index (χ3n) is 2.47. The van der Waals surface area contributed by atoms with Crippen LogP contribution in [0.15, 0.2) is 23.8 Å². The van der Waals surface area contributed by atoms with Crippen LogP contribution >= 0.6 is 25.3 Å². The fraction of sp³-hybridized carbons (Fsp3) is 0.600. The maximum Gasteiger partial charge on any atom is 0.0652 e. The molecule has 0 saturated carbocycles. The van der Waals surface area contributed by atoms with Crippen molar-refractivity contribution in [1.82, 2.24) is 0 Å². The van der Waals surface area contributed by atoms with E-state index in [0.717, 1.165) is 12.8 Å². The number of allylic oxidation sites excluding steroid dienone is 2. The van der Waals surface area contributed by atoms with Gasteiger partial charge in [-0.2, -0.15) is 25.3 Å². The molecule has 0 N–H and O–H groups in total. The molecule has 1 atom stereocenters. The summed E-state index contributed by atoms with van der Waals surface area (Å²) in [5.41, 5.74) is 2.68. The Morgan fingerprint density at radius 3 is 2.67 bits per heavy atom. The van der Waals surface area contributed by atoms with E-state index in [1.165, 1.54) is 17.6 Å². The minimum atomic E-state index is 0.135. The highest BCUT2D eigenvalue weighted by Crippen LogP contribution is 2.31. The van der Waals surface area contributed by atoms with E-state index in [-0.39, 0.29) is 4.58 Å². The Morgan fingerprint density at radius 1 is 1.67 bits per heavy atom. The molecule has 0 aliphatic heterocycles. The molecule has 0 bridgehead atoms. The molecule has 0 amide bonds. The predicted octanol–water partition coefficient (Wildman–Crippen LogP) is 3.47. The lowest BCUT2D eigenvalue weighted by molar-refractivity contribution is 0.540. The van der Waals surface area contributed by atoms with Gasteiger partial charge < -0.3 is 0 Å². The van der Waals surface area contributed by atoms with Crippen molar-refractivity contribution >= 4 is 25.3 Å². The molecular formula is C10H16S2. The quantitative estimate of drug-likeness (QED) is 0.380. The van der Waals surface area contributed by atoms with Crippen LogP contribution in [0.1, 0.15) is 26.2 Å². The molecule has 0 aromatic heterocycles. The highest BCUT2D eigenvalue weighted by Gasteiger charge is 2.16. The Labute approximate surface area is 85.9 Å². The van der Waals surface area contributed by atoms with Crippen molar-refractivity contribution in [1.29, 1.82) is 0 Å². The normalized spacial score (nSPS) is 24.0. The summed E-state index contributed by atoms with van der Waals surface area (Å²) in [6, 6.07) is 0. The van der Waals surface area contributed by atoms with Crippen LogP contribution in [0.2, 0.25) is 0 Å². The van der Waals surface area contributed by atoms with Crippen molar-refractivity contribution in [2.24, 2.45) is 5.92 Å². The van der Waals surface area contributed by atoms with E-state index in [2.05, 4.69) is 44.8 Å². The number of hydrogen-bond acceptors (Lipinski definition) is 2. The van der Waals surface area contributed by atoms with Crippen LogP contribution in [0, 0.1) is 5.92 Å². The van der Waals surface area contributed by atoms with Gasteiger partial charge in [0.2, 0.25) is 0 Å². The first-order chi connectivity index (χ1) is 5.61. The van der Waals surface area contributed by atoms with Crippen LogP contribution < -0.4 is 0 Å². The summed E-state index contributed by atoms with van der Waals surface area (Å²) >= 11 is 8.59. The maximum absolute atomic E-state index is 4.30. The molecule has 1 unspecified atom stereocenters. The minimum Gasteiger partial charge on any atom is -0.161 e. The first kappa shape index (κ1) is 10.3. The van der Waals surface area contributed by atoms with Crippen molar-refractivity contribution in [2.45, 2.75) is 30.8 Å². The number of thiol groups is 2. The van der Waals surface area contributed by atoms with Crippen molar-refractivity contribution in [3.05, 3.63) is 23.8 Å². The fourth-order valence-electron chi connectivity index (χ4n) is 1.54. The summed E-state index contributed by atoms with van der Waals surface area (Å²) in [5.74, 6) is 0.689. The van der Waals surface area contributed by atoms with Crippen molar-refractivity contribution in [3.8, 4) is 0 Å². The third kappa shape index (κ3) is 2.60. The molecule has 0 heterocycles. The van der Waals surface area contributed by atoms with Crippen LogP contribution in [-0.2, 0) is 0 Å². The second-order valence-corrected chi connectivity index (χ2v) is 4.91. The van der Waals surface area contributed by atoms with E-state index >= 15 is 0 Å². The Bertz CT molecular complexity index is 204. The van der Waals surface area contributed by atoms with E-state index in [4.69, 9.17) is 0 Å². The summed E-state index contributed by atoms with van der Waals surface area (Å²) in [7, 11) is 0. The van der Waals surface area contributed by atoms with Crippen molar-refractivity contribution in [2.75, 3.05) is 0 Å². The molecule has 12 heavy (non-hydrogen) atoms. The molecule has 1 rings (SSSR count). The van der Waals surface area contributed by atoms with Crippen LogP contribution in [0.3, 0.4) is 0 Å². The molecule has 68 valence electrons. The van der Waals surface area contributed by atoms with Crippen LogP contribution in [0.25, 0.3) is 0 Å². The molecule has 2 heteroatoms. The molecule has 0 aromatic rings. The Morgan fingerprint density at radius 2 is 2.33 bits per heavy atom. The van der Waals surface area contributed by atoms with E-state index < -0.39 is 0 Å². The van der Waals surface area contributed by atoms with Gasteiger partial charge in [-0.05, 0) is 32.1 Å². The smallest absolute Gasteiger partial charge is 0.0652 e. The Balaban J connectivity index is 2.53. The van der Waals surface area contributed by atoms with Crippen molar-refractivity contribution < 1.29 is 0 Å². The summed E-state index contributed by atoms with van der Waals surface area (Å²) in [4.78, 5) is 0. The van der Waals surface area contributed by atoms with Gasteiger partial charge in [0.25, 0.3) is 0 Å². The molecule has 0 saturated heterocycles. The number of rotatable bonds is 2. The molecule has 0 spiro atoms. The first-order valence-electron chi connectivity index (χ1n) is 4.31. The summed E-state index contributed by atoms with van der Waals surface area (Å²) < 4.78 is 0.135. The van der Waals surface area contributed by atoms with E-state index in [0.29, 0.717) is 5.92 Å². The lowest BCUT2D eigenvalue weighted by Gasteiger charge is -2.23. The van der Waals surface area contributed by atoms with Gasteiger partial charge in [0.1, 0.15) is 0 Å². The zero-order valence-corrected chi connectivity index (χ0v) is 9.24. The van der Waals surface area contributed by atoms with Gasteiger partial charge in [-0.1, -0.05) is 23.8 Å². The van der Waals surface area contributed by atoms with Gasteiger partial charge in [-0.25, -0.2) is 0 Å². The molecule has 1 aliphatic rings. The maximum atomic E-state index is 4.30. The Kier molecular flexibility index (Phi) is 3.78. The predicted molar refractivity (Wildman–Crippen MR) is 62.0 cm³/mol. The summed E-state index contributed by atoms with van der Waals surface area (Å²) in [6.07, 6.45) is 5.75. The molecule has 0 radical (unpaired) electrons. The van der Waals surface area contributed by atoms with Crippen LogP contribution in [0.5, 0.6) is 0 Å². The summed E-state index contributed by atoms with van der Waals surface area (Å²) in [6.45, 7) is 6.09. The zero-order chi connectivity index (χ0) is 9.14. The summed E-state index contributed by atoms with van der Waals surface area (Å²) in [5, 5.41) is 0. The average Bonchev–Trinajstić information content (AvgIpc) is 2.04. The fourth-order valence-corrected chi connectivity index (χ4v) is 2.01. The minimum absolute atomic E-state index is 0.135. The monoisotopic (exact) mass is 200 g/mol. The highest BCUT2D eigenvalue weighted by molar-refractivity contribution is 7.99. The van der Waals surface area contributed by atoms with Gasteiger partial charge >= 0.3 is 0 Å². The van der Waals surface area contributed by atoms with Crippen LogP contribution in [-0.4, -0.2) is 4.58 Å². The topological polar surface area (TPSA) is 0 Å². The lowest BCUT2D eigenvalue weighted by Crippen LogP contribution is -2.09. The van der Waals surface area contributed by atoms with Crippen LogP contribution in [0.4, 0.5) is 0 Å². The van der Waals surface area contributed by atoms with Crippen molar-refractivity contribution in [3.63, 3.8) is 0 Å². The SMILES string of the molecule is C=C(C)C1CC=C(C(S)S)CC1. The molecule has 0 fully saturated rings. The molecule has 0 nitrogen and oxygen atoms in total. The Hall–Kier alpha value is 0.180. The molecular weight excluding hydrogens is 184 g/mol. The van der Waals surface area contributed by atoms with E-state index in [1.807, 2.05) is 0 Å². The van der Waals surface area contributed by atoms with Gasteiger partial charge in [-0.3, -0.25) is 0 Å². The van der Waals surface area contributed by atoms with E-state index in [1.54, 1.807) is 0 Å². The first-order valence-corrected chi connectivity index (χ1v) is 5.35. The van der Waals surface area contributed by atoms with Gasteiger partial charge in [-0.15, -0.1) is 0 Å². The highest BCUT2D eigenvalue weighted by atomic mass is 32.2.